The van der Waals surface area contributed by atoms with Gasteiger partial charge in [0.1, 0.15) is 0 Å². The molecule has 0 amide bonds. The molecule has 0 unspecified atom stereocenters. The van der Waals surface area contributed by atoms with E-state index in [2.05, 4.69) is 46.5 Å². The van der Waals surface area contributed by atoms with Crippen molar-refractivity contribution < 1.29 is 9.47 Å². The Morgan fingerprint density at radius 1 is 1.24 bits per heavy atom. The first-order chi connectivity index (χ1) is 14.0. The Hall–Kier alpha value is -1.95. The molecule has 0 saturated carbocycles. The van der Waals surface area contributed by atoms with Crippen molar-refractivity contribution in [2.45, 2.75) is 52.5 Å². The summed E-state index contributed by atoms with van der Waals surface area (Å²) >= 11 is 0. The van der Waals surface area contributed by atoms with Crippen molar-refractivity contribution in [2.75, 3.05) is 46.9 Å². The Labute approximate surface area is 177 Å². The number of hydrogen-bond donors (Lipinski definition) is 2. The standard InChI is InChI=1S/C23H40N4O2/c1-6-29-22-16-19(9-10-21(22)28-5)8-7-13-25-23(24-4)26-20-11-14-27(15-12-20)17-18(2)3/h9-10,16,18,20H,6-8,11-15,17H2,1-5H3,(H2,24,25,26). The fourth-order valence-corrected chi connectivity index (χ4v) is 3.81. The van der Waals surface area contributed by atoms with Gasteiger partial charge in [-0.25, -0.2) is 0 Å². The molecule has 1 aromatic rings. The molecule has 0 spiro atoms. The second-order valence-corrected chi connectivity index (χ2v) is 8.13. The summed E-state index contributed by atoms with van der Waals surface area (Å²) in [4.78, 5) is 6.97. The smallest absolute Gasteiger partial charge is 0.191 e. The third kappa shape index (κ3) is 8.13. The monoisotopic (exact) mass is 404 g/mol. The molecule has 0 radical (unpaired) electrons. The molecule has 29 heavy (non-hydrogen) atoms. The third-order valence-corrected chi connectivity index (χ3v) is 5.24. The molecule has 164 valence electrons. The second kappa shape index (κ2) is 12.6. The highest BCUT2D eigenvalue weighted by Crippen LogP contribution is 2.28. The summed E-state index contributed by atoms with van der Waals surface area (Å²) in [7, 11) is 3.52. The molecule has 1 saturated heterocycles. The van der Waals surface area contributed by atoms with E-state index in [-0.39, 0.29) is 0 Å². The van der Waals surface area contributed by atoms with E-state index in [9.17, 15) is 0 Å². The van der Waals surface area contributed by atoms with Gasteiger partial charge in [0.05, 0.1) is 13.7 Å². The maximum Gasteiger partial charge on any atom is 0.191 e. The Balaban J connectivity index is 1.70. The average molecular weight is 405 g/mol. The van der Waals surface area contributed by atoms with Crippen LogP contribution in [0.1, 0.15) is 45.6 Å². The van der Waals surface area contributed by atoms with E-state index in [4.69, 9.17) is 9.47 Å². The summed E-state index contributed by atoms with van der Waals surface area (Å²) in [5.74, 6) is 3.26. The number of aryl methyl sites for hydroxylation is 1. The Morgan fingerprint density at radius 2 is 2.00 bits per heavy atom. The van der Waals surface area contributed by atoms with Crippen LogP contribution in [0.4, 0.5) is 0 Å². The number of nitrogens with zero attached hydrogens (tertiary/aromatic N) is 2. The van der Waals surface area contributed by atoms with Crippen LogP contribution in [0.5, 0.6) is 11.5 Å². The van der Waals surface area contributed by atoms with Crippen LogP contribution >= 0.6 is 0 Å². The number of nitrogens with one attached hydrogen (secondary N) is 2. The summed E-state index contributed by atoms with van der Waals surface area (Å²) in [6, 6.07) is 6.69. The number of ether oxygens (including phenoxy) is 2. The summed E-state index contributed by atoms with van der Waals surface area (Å²) < 4.78 is 11.0. The summed E-state index contributed by atoms with van der Waals surface area (Å²) in [5.41, 5.74) is 1.26. The average Bonchev–Trinajstić information content (AvgIpc) is 2.71. The fraction of sp³-hybridized carbons (Fsp3) is 0.696. The zero-order valence-corrected chi connectivity index (χ0v) is 19.0. The molecule has 1 heterocycles. The van der Waals surface area contributed by atoms with E-state index in [1.54, 1.807) is 7.11 Å². The van der Waals surface area contributed by atoms with Gasteiger partial charge >= 0.3 is 0 Å². The van der Waals surface area contributed by atoms with Crippen molar-refractivity contribution >= 4 is 5.96 Å². The van der Waals surface area contributed by atoms with Gasteiger partial charge in [-0.2, -0.15) is 0 Å². The lowest BCUT2D eigenvalue weighted by atomic mass is 10.0. The predicted octanol–water partition coefficient (Wildman–Crippen LogP) is 3.31. The fourth-order valence-electron chi connectivity index (χ4n) is 3.81. The maximum atomic E-state index is 5.67. The molecule has 2 rings (SSSR count). The molecule has 0 aliphatic carbocycles. The van der Waals surface area contributed by atoms with Crippen LogP contribution in [0.25, 0.3) is 0 Å². The van der Waals surface area contributed by atoms with Crippen molar-refractivity contribution in [3.05, 3.63) is 23.8 Å². The predicted molar refractivity (Wildman–Crippen MR) is 121 cm³/mol. The zero-order valence-electron chi connectivity index (χ0n) is 19.0. The highest BCUT2D eigenvalue weighted by atomic mass is 16.5. The number of likely N-dealkylation sites (tertiary alicyclic amines) is 1. The molecular formula is C23H40N4O2. The molecule has 1 fully saturated rings. The minimum atomic E-state index is 0.514. The van der Waals surface area contributed by atoms with Gasteiger partial charge in [-0.3, -0.25) is 4.99 Å². The van der Waals surface area contributed by atoms with E-state index in [0.29, 0.717) is 12.6 Å². The molecule has 1 aromatic carbocycles. The van der Waals surface area contributed by atoms with Gasteiger partial charge in [-0.15, -0.1) is 0 Å². The first-order valence-corrected chi connectivity index (χ1v) is 11.0. The molecule has 1 aliphatic rings. The molecule has 0 atom stereocenters. The van der Waals surface area contributed by atoms with E-state index < -0.39 is 0 Å². The number of hydrogen-bond acceptors (Lipinski definition) is 4. The quantitative estimate of drug-likeness (QED) is 0.356. The van der Waals surface area contributed by atoms with Crippen LogP contribution in [0, 0.1) is 5.92 Å². The molecule has 6 nitrogen and oxygen atoms in total. The van der Waals surface area contributed by atoms with E-state index in [0.717, 1.165) is 42.8 Å². The SMILES string of the molecule is CCOc1cc(CCCNC(=NC)NC2CCN(CC(C)C)CC2)ccc1OC. The van der Waals surface area contributed by atoms with Gasteiger partial charge in [-0.1, -0.05) is 19.9 Å². The molecule has 2 N–H and O–H groups in total. The van der Waals surface area contributed by atoms with Gasteiger partial charge in [0, 0.05) is 39.3 Å². The van der Waals surface area contributed by atoms with Crippen molar-refractivity contribution in [1.82, 2.24) is 15.5 Å². The lowest BCUT2D eigenvalue weighted by molar-refractivity contribution is 0.187. The summed E-state index contributed by atoms with van der Waals surface area (Å²) in [5, 5.41) is 7.06. The molecule has 1 aliphatic heterocycles. The number of piperidine rings is 1. The lowest BCUT2D eigenvalue weighted by Gasteiger charge is -2.34. The van der Waals surface area contributed by atoms with Crippen LogP contribution in [0.2, 0.25) is 0 Å². The van der Waals surface area contributed by atoms with Crippen molar-refractivity contribution in [2.24, 2.45) is 10.9 Å². The number of guanidine groups is 1. The molecule has 6 heteroatoms. The third-order valence-electron chi connectivity index (χ3n) is 5.24. The number of methoxy groups -OCH3 is 1. The number of benzene rings is 1. The molecule has 0 bridgehead atoms. The number of aliphatic imine (C=N–C) groups is 1. The van der Waals surface area contributed by atoms with Crippen LogP contribution in [-0.4, -0.2) is 63.8 Å². The van der Waals surface area contributed by atoms with Crippen molar-refractivity contribution in [1.29, 1.82) is 0 Å². The van der Waals surface area contributed by atoms with Crippen LogP contribution in [0.3, 0.4) is 0 Å². The van der Waals surface area contributed by atoms with Crippen LogP contribution in [0.15, 0.2) is 23.2 Å². The first kappa shape index (κ1) is 23.3. The maximum absolute atomic E-state index is 5.67. The number of rotatable bonds is 10. The minimum Gasteiger partial charge on any atom is -0.493 e. The lowest BCUT2D eigenvalue weighted by Crippen LogP contribution is -2.49. The Bertz CT molecular complexity index is 625. The Kier molecular flexibility index (Phi) is 10.1. The molecule has 0 aromatic heterocycles. The van der Waals surface area contributed by atoms with Gasteiger partial charge in [0.25, 0.3) is 0 Å². The van der Waals surface area contributed by atoms with Gasteiger partial charge < -0.3 is 25.0 Å². The van der Waals surface area contributed by atoms with Crippen molar-refractivity contribution in [3.8, 4) is 11.5 Å². The summed E-state index contributed by atoms with van der Waals surface area (Å²) in [6.45, 7) is 11.7. The normalized spacial score (nSPS) is 16.1. The minimum absolute atomic E-state index is 0.514. The van der Waals surface area contributed by atoms with Crippen LogP contribution < -0.4 is 20.1 Å². The van der Waals surface area contributed by atoms with Crippen LogP contribution in [-0.2, 0) is 6.42 Å². The van der Waals surface area contributed by atoms with Gasteiger partial charge in [0.15, 0.2) is 17.5 Å². The topological polar surface area (TPSA) is 58.1 Å². The van der Waals surface area contributed by atoms with E-state index in [1.807, 2.05) is 20.0 Å². The Morgan fingerprint density at radius 3 is 2.62 bits per heavy atom. The highest BCUT2D eigenvalue weighted by Gasteiger charge is 2.20. The van der Waals surface area contributed by atoms with Crippen molar-refractivity contribution in [3.63, 3.8) is 0 Å². The first-order valence-electron chi connectivity index (χ1n) is 11.0. The molecular weight excluding hydrogens is 364 g/mol. The van der Waals surface area contributed by atoms with E-state index >= 15 is 0 Å². The summed E-state index contributed by atoms with van der Waals surface area (Å²) in [6.07, 6.45) is 4.38. The second-order valence-electron chi connectivity index (χ2n) is 8.13. The van der Waals surface area contributed by atoms with Gasteiger partial charge in [0.2, 0.25) is 0 Å². The largest absolute Gasteiger partial charge is 0.493 e. The van der Waals surface area contributed by atoms with E-state index in [1.165, 1.54) is 38.0 Å². The zero-order chi connectivity index (χ0) is 21.1. The highest BCUT2D eigenvalue weighted by molar-refractivity contribution is 5.79. The van der Waals surface area contributed by atoms with Gasteiger partial charge in [-0.05, 0) is 56.2 Å².